The number of hydrogen-bond donors (Lipinski definition) is 2. The quantitative estimate of drug-likeness (QED) is 0.499. The number of rotatable bonds is 1. The standard InChI is InChI=1S/C7H12N4O2/c8-7-5-11(9-13-7)10-3-1-6(12)2-4-10/h5-6,8,12H,1-4H2. The highest BCUT2D eigenvalue weighted by Gasteiger charge is 2.17. The highest BCUT2D eigenvalue weighted by molar-refractivity contribution is 4.79. The first-order valence-corrected chi connectivity index (χ1v) is 4.29. The van der Waals surface area contributed by atoms with E-state index in [1.165, 1.54) is 11.0 Å². The second-order valence-electron chi connectivity index (χ2n) is 3.17. The zero-order valence-electron chi connectivity index (χ0n) is 7.18. The fourth-order valence-electron chi connectivity index (χ4n) is 1.43. The van der Waals surface area contributed by atoms with E-state index in [0.29, 0.717) is 0 Å². The van der Waals surface area contributed by atoms with Crippen LogP contribution in [0.15, 0.2) is 10.7 Å². The molecule has 0 saturated carbocycles. The van der Waals surface area contributed by atoms with Crippen LogP contribution in [0, 0.1) is 5.41 Å². The zero-order valence-corrected chi connectivity index (χ0v) is 7.18. The van der Waals surface area contributed by atoms with E-state index in [0.717, 1.165) is 25.9 Å². The molecule has 6 heteroatoms. The Bertz CT molecular complexity index is 323. The summed E-state index contributed by atoms with van der Waals surface area (Å²) in [4.78, 5) is 1.52. The molecule has 0 atom stereocenters. The number of aliphatic hydroxyl groups excluding tert-OH is 1. The molecule has 1 aliphatic rings. The van der Waals surface area contributed by atoms with Gasteiger partial charge in [0.05, 0.1) is 6.10 Å². The van der Waals surface area contributed by atoms with E-state index in [-0.39, 0.29) is 11.7 Å². The van der Waals surface area contributed by atoms with E-state index in [1.807, 2.05) is 5.01 Å². The molecule has 1 fully saturated rings. The van der Waals surface area contributed by atoms with Crippen LogP contribution in [0.4, 0.5) is 0 Å². The summed E-state index contributed by atoms with van der Waals surface area (Å²) in [6, 6.07) is 0. The van der Waals surface area contributed by atoms with Gasteiger partial charge in [0.2, 0.25) is 0 Å². The normalized spacial score (nSPS) is 19.3. The third-order valence-corrected chi connectivity index (χ3v) is 2.19. The predicted molar refractivity (Wildman–Crippen MR) is 41.3 cm³/mol. The summed E-state index contributed by atoms with van der Waals surface area (Å²) in [6.07, 6.45) is 2.80. The highest BCUT2D eigenvalue weighted by atomic mass is 16.5. The minimum atomic E-state index is -0.195. The Morgan fingerprint density at radius 3 is 2.85 bits per heavy atom. The van der Waals surface area contributed by atoms with Gasteiger partial charge < -0.3 is 9.63 Å². The van der Waals surface area contributed by atoms with Gasteiger partial charge in [-0.2, -0.15) is 0 Å². The molecule has 1 saturated heterocycles. The van der Waals surface area contributed by atoms with Crippen molar-refractivity contribution < 1.29 is 14.4 Å². The van der Waals surface area contributed by atoms with Crippen molar-refractivity contribution in [3.8, 4) is 0 Å². The maximum Gasteiger partial charge on any atom is 0.286 e. The molecule has 1 aromatic heterocycles. The molecule has 0 spiro atoms. The van der Waals surface area contributed by atoms with Crippen LogP contribution in [0.5, 0.6) is 0 Å². The molecule has 0 amide bonds. The van der Waals surface area contributed by atoms with Crippen molar-refractivity contribution in [2.45, 2.75) is 18.9 Å². The topological polar surface area (TPSA) is 78.4 Å². The molecular formula is C7H12N4O2. The maximum absolute atomic E-state index is 9.26. The summed E-state index contributed by atoms with van der Waals surface area (Å²) >= 11 is 0. The van der Waals surface area contributed by atoms with Crippen LogP contribution in [-0.2, 0) is 0 Å². The molecule has 1 aliphatic heterocycles. The van der Waals surface area contributed by atoms with Crippen LogP contribution in [0.2, 0.25) is 0 Å². The minimum Gasteiger partial charge on any atom is -0.393 e. The largest absolute Gasteiger partial charge is 0.393 e. The zero-order chi connectivity index (χ0) is 9.26. The van der Waals surface area contributed by atoms with Gasteiger partial charge >= 0.3 is 0 Å². The average Bonchev–Trinajstić information content (AvgIpc) is 2.53. The van der Waals surface area contributed by atoms with Gasteiger partial charge in [0.15, 0.2) is 0 Å². The molecule has 0 bridgehead atoms. The van der Waals surface area contributed by atoms with Crippen LogP contribution in [-0.4, -0.2) is 24.3 Å². The fourth-order valence-corrected chi connectivity index (χ4v) is 1.43. The summed E-state index contributed by atoms with van der Waals surface area (Å²) in [5.41, 5.74) is 0.0473. The first-order valence-electron chi connectivity index (χ1n) is 4.29. The Morgan fingerprint density at radius 1 is 1.62 bits per heavy atom. The number of aliphatic hydroxyl groups is 1. The van der Waals surface area contributed by atoms with Crippen LogP contribution in [0.1, 0.15) is 12.8 Å². The molecule has 1 aromatic rings. The Morgan fingerprint density at radius 2 is 2.31 bits per heavy atom. The lowest BCUT2D eigenvalue weighted by Crippen LogP contribution is -2.63. The number of hydrogen-bond acceptors (Lipinski definition) is 4. The fraction of sp³-hybridized carbons (Fsp3) is 0.714. The van der Waals surface area contributed by atoms with Crippen molar-refractivity contribution in [2.75, 3.05) is 18.1 Å². The van der Waals surface area contributed by atoms with Gasteiger partial charge in [0, 0.05) is 13.1 Å². The lowest BCUT2D eigenvalue weighted by molar-refractivity contribution is -0.764. The molecule has 6 nitrogen and oxygen atoms in total. The first-order chi connectivity index (χ1) is 6.25. The molecule has 2 heterocycles. The van der Waals surface area contributed by atoms with Crippen molar-refractivity contribution in [1.82, 2.24) is 5.27 Å². The van der Waals surface area contributed by atoms with Crippen LogP contribution >= 0.6 is 0 Å². The second kappa shape index (κ2) is 3.21. The summed E-state index contributed by atoms with van der Waals surface area (Å²) in [7, 11) is 0. The Balaban J connectivity index is 2.06. The molecule has 0 aliphatic carbocycles. The van der Waals surface area contributed by atoms with E-state index in [9.17, 15) is 5.11 Å². The molecule has 0 aromatic carbocycles. The maximum atomic E-state index is 9.26. The Labute approximate surface area is 74.8 Å². The monoisotopic (exact) mass is 184 g/mol. The van der Waals surface area contributed by atoms with Crippen molar-refractivity contribution in [1.29, 1.82) is 5.41 Å². The van der Waals surface area contributed by atoms with Crippen LogP contribution < -0.4 is 20.6 Å². The summed E-state index contributed by atoms with van der Waals surface area (Å²) < 4.78 is 4.62. The van der Waals surface area contributed by atoms with Crippen molar-refractivity contribution in [2.24, 2.45) is 0 Å². The summed E-state index contributed by atoms with van der Waals surface area (Å²) in [5.74, 6) is 0. The lowest BCUT2D eigenvalue weighted by Gasteiger charge is -2.29. The van der Waals surface area contributed by atoms with E-state index in [1.54, 1.807) is 0 Å². The second-order valence-corrected chi connectivity index (χ2v) is 3.17. The molecule has 0 unspecified atom stereocenters. The number of aromatic nitrogens is 2. The van der Waals surface area contributed by atoms with Crippen LogP contribution in [0.3, 0.4) is 0 Å². The number of nitrogens with zero attached hydrogens (tertiary/aromatic N) is 3. The van der Waals surface area contributed by atoms with E-state index in [2.05, 4.69) is 9.79 Å². The first kappa shape index (κ1) is 8.31. The number of piperidine rings is 1. The molecular weight excluding hydrogens is 172 g/mol. The smallest absolute Gasteiger partial charge is 0.286 e. The summed E-state index contributed by atoms with van der Waals surface area (Å²) in [5, 5.41) is 22.0. The van der Waals surface area contributed by atoms with Crippen molar-refractivity contribution >= 4 is 0 Å². The molecule has 13 heavy (non-hydrogen) atoms. The molecule has 72 valence electrons. The van der Waals surface area contributed by atoms with Gasteiger partial charge in [0.25, 0.3) is 11.8 Å². The van der Waals surface area contributed by atoms with Crippen molar-refractivity contribution in [3.63, 3.8) is 0 Å². The number of nitrogens with one attached hydrogen (secondary N) is 1. The Hall–Kier alpha value is -1.30. The van der Waals surface area contributed by atoms with Crippen molar-refractivity contribution in [3.05, 3.63) is 11.8 Å². The minimum absolute atomic E-state index is 0.0473. The van der Waals surface area contributed by atoms with E-state index >= 15 is 0 Å². The van der Waals surface area contributed by atoms with E-state index < -0.39 is 0 Å². The molecule has 2 rings (SSSR count). The summed E-state index contributed by atoms with van der Waals surface area (Å²) in [6.45, 7) is 1.50. The van der Waals surface area contributed by atoms with Gasteiger partial charge in [-0.3, -0.25) is 10.4 Å². The third-order valence-electron chi connectivity index (χ3n) is 2.19. The third kappa shape index (κ3) is 1.72. The Kier molecular flexibility index (Phi) is 2.05. The average molecular weight is 184 g/mol. The SMILES string of the molecule is N=c1c[n+](N2CCC(O)CC2)[n-]o1. The lowest BCUT2D eigenvalue weighted by atomic mass is 10.1. The van der Waals surface area contributed by atoms with Gasteiger partial charge in [-0.1, -0.05) is 4.79 Å². The van der Waals surface area contributed by atoms with Gasteiger partial charge in [0.1, 0.15) is 0 Å². The predicted octanol–water partition coefficient (Wildman–Crippen LogP) is -1.90. The molecule has 0 radical (unpaired) electrons. The van der Waals surface area contributed by atoms with Gasteiger partial charge in [-0.15, -0.1) is 0 Å². The highest BCUT2D eigenvalue weighted by Crippen LogP contribution is 2.04. The molecule has 2 N–H and O–H groups in total. The van der Waals surface area contributed by atoms with Crippen LogP contribution in [0.25, 0.3) is 0 Å². The van der Waals surface area contributed by atoms with Gasteiger partial charge in [-0.05, 0) is 18.1 Å². The van der Waals surface area contributed by atoms with Gasteiger partial charge in [-0.25, -0.2) is 0 Å². The van der Waals surface area contributed by atoms with E-state index in [4.69, 9.17) is 5.41 Å².